The Labute approximate surface area is 226 Å². The molecule has 2 aromatic rings. The van der Waals surface area contributed by atoms with Crippen molar-refractivity contribution in [3.63, 3.8) is 0 Å². The fourth-order valence-electron chi connectivity index (χ4n) is 9.37. The summed E-state index contributed by atoms with van der Waals surface area (Å²) >= 11 is 0. The van der Waals surface area contributed by atoms with Gasteiger partial charge in [-0.25, -0.2) is 0 Å². The standard InChI is InChI=1S/C33H55NSi2/c1-23(2)35(24(3)4,25(5)6)33(34,36(26(7)8,27(9)10)28(11)12)32-21-17-20-31(22-32)29(13)30-18-15-14-16-19-30/h14-28H,13,34H2,1-12H3. The van der Waals surface area contributed by atoms with Gasteiger partial charge in [-0.3, -0.25) is 0 Å². The summed E-state index contributed by atoms with van der Waals surface area (Å²) in [5, 5.41) is 0. The average Bonchev–Trinajstić information content (AvgIpc) is 2.78. The predicted octanol–water partition coefficient (Wildman–Crippen LogP) is 10.3. The molecule has 0 aliphatic rings. The Hall–Kier alpha value is -1.43. The van der Waals surface area contributed by atoms with E-state index in [1.165, 1.54) is 16.7 Å². The molecule has 0 unspecified atom stereocenters. The summed E-state index contributed by atoms with van der Waals surface area (Å²) in [6.07, 6.45) is 0. The molecule has 1 nitrogen and oxygen atoms in total. The lowest BCUT2D eigenvalue weighted by Crippen LogP contribution is -2.81. The van der Waals surface area contributed by atoms with Crippen LogP contribution in [0.25, 0.3) is 5.57 Å². The van der Waals surface area contributed by atoms with Crippen LogP contribution >= 0.6 is 0 Å². The second-order valence-electron chi connectivity index (χ2n) is 13.0. The van der Waals surface area contributed by atoms with E-state index in [-0.39, 0.29) is 4.79 Å². The molecule has 0 saturated heterocycles. The lowest BCUT2D eigenvalue weighted by Gasteiger charge is -2.66. The van der Waals surface area contributed by atoms with Crippen molar-refractivity contribution in [2.24, 2.45) is 5.73 Å². The fourth-order valence-corrected chi connectivity index (χ4v) is 32.3. The van der Waals surface area contributed by atoms with Crippen molar-refractivity contribution in [2.45, 2.75) is 121 Å². The summed E-state index contributed by atoms with van der Waals surface area (Å²) in [7, 11) is -4.35. The third-order valence-electron chi connectivity index (χ3n) is 9.89. The normalized spacial score (nSPS) is 13.6. The van der Waals surface area contributed by atoms with E-state index >= 15 is 0 Å². The van der Waals surface area contributed by atoms with Crippen molar-refractivity contribution in [1.29, 1.82) is 0 Å². The molecule has 0 aliphatic carbocycles. The lowest BCUT2D eigenvalue weighted by atomic mass is 9.98. The van der Waals surface area contributed by atoms with Crippen LogP contribution in [-0.2, 0) is 4.79 Å². The third kappa shape index (κ3) is 4.54. The summed E-state index contributed by atoms with van der Waals surface area (Å²) in [5.41, 5.74) is 16.7. The molecule has 0 atom stereocenters. The lowest BCUT2D eigenvalue weighted by molar-refractivity contribution is 0.621. The smallest absolute Gasteiger partial charge is 0.0857 e. The highest BCUT2D eigenvalue weighted by molar-refractivity contribution is 7.04. The fraction of sp³-hybridized carbons (Fsp3) is 0.576. The first kappa shape index (κ1) is 30.8. The molecule has 2 aromatic carbocycles. The van der Waals surface area contributed by atoms with Crippen LogP contribution < -0.4 is 5.73 Å². The Morgan fingerprint density at radius 1 is 0.583 bits per heavy atom. The number of nitrogens with two attached hydrogens (primary N) is 1. The molecule has 0 heterocycles. The topological polar surface area (TPSA) is 26.0 Å². The first-order chi connectivity index (χ1) is 16.6. The molecule has 0 aromatic heterocycles. The van der Waals surface area contributed by atoms with Gasteiger partial charge in [0.2, 0.25) is 0 Å². The molecule has 0 aliphatic heterocycles. The zero-order valence-corrected chi connectivity index (χ0v) is 27.4. The van der Waals surface area contributed by atoms with E-state index in [9.17, 15) is 0 Å². The van der Waals surface area contributed by atoms with Gasteiger partial charge in [-0.05, 0) is 61.6 Å². The first-order valence-corrected chi connectivity index (χ1v) is 18.7. The maximum Gasteiger partial charge on any atom is 0.0857 e. The molecule has 0 saturated carbocycles. The maximum atomic E-state index is 8.38. The van der Waals surface area contributed by atoms with Gasteiger partial charge in [-0.2, -0.15) is 0 Å². The zero-order chi connectivity index (χ0) is 27.6. The molecule has 0 amide bonds. The second-order valence-corrected chi connectivity index (χ2v) is 25.8. The molecule has 0 spiro atoms. The van der Waals surface area contributed by atoms with Crippen LogP contribution in [0.15, 0.2) is 61.2 Å². The van der Waals surface area contributed by atoms with Gasteiger partial charge in [0, 0.05) is 4.79 Å². The van der Waals surface area contributed by atoms with Gasteiger partial charge in [0.05, 0.1) is 16.1 Å². The largest absolute Gasteiger partial charge is 0.326 e. The number of benzene rings is 2. The third-order valence-corrected chi connectivity index (χ3v) is 27.3. The van der Waals surface area contributed by atoms with Gasteiger partial charge in [0.15, 0.2) is 0 Å². The van der Waals surface area contributed by atoms with Crippen molar-refractivity contribution in [3.8, 4) is 0 Å². The van der Waals surface area contributed by atoms with E-state index in [4.69, 9.17) is 5.73 Å². The van der Waals surface area contributed by atoms with Crippen LogP contribution in [-0.4, -0.2) is 16.1 Å². The van der Waals surface area contributed by atoms with Crippen molar-refractivity contribution >= 4 is 21.7 Å². The van der Waals surface area contributed by atoms with Gasteiger partial charge in [-0.1, -0.05) is 138 Å². The Morgan fingerprint density at radius 3 is 1.31 bits per heavy atom. The van der Waals surface area contributed by atoms with Crippen LogP contribution in [0, 0.1) is 0 Å². The molecule has 200 valence electrons. The van der Waals surface area contributed by atoms with Crippen molar-refractivity contribution in [3.05, 3.63) is 77.9 Å². The van der Waals surface area contributed by atoms with Crippen molar-refractivity contribution < 1.29 is 0 Å². The molecular formula is C33H55NSi2. The Bertz CT molecular complexity index is 926. The molecule has 36 heavy (non-hydrogen) atoms. The predicted molar refractivity (Wildman–Crippen MR) is 169 cm³/mol. The first-order valence-electron chi connectivity index (χ1n) is 14.3. The van der Waals surface area contributed by atoms with E-state index < -0.39 is 16.1 Å². The minimum absolute atomic E-state index is 0.292. The molecule has 0 radical (unpaired) electrons. The van der Waals surface area contributed by atoms with Crippen molar-refractivity contribution in [2.75, 3.05) is 0 Å². The highest BCUT2D eigenvalue weighted by atomic mass is 28.4. The van der Waals surface area contributed by atoms with Crippen LogP contribution in [0.3, 0.4) is 0 Å². The molecule has 3 heteroatoms. The van der Waals surface area contributed by atoms with Crippen LogP contribution in [0.1, 0.15) is 99.8 Å². The average molecular weight is 522 g/mol. The molecule has 2 rings (SSSR count). The van der Waals surface area contributed by atoms with E-state index in [0.717, 1.165) is 5.57 Å². The Kier molecular flexibility index (Phi) is 9.87. The highest BCUT2D eigenvalue weighted by Crippen LogP contribution is 2.62. The summed E-state index contributed by atoms with van der Waals surface area (Å²) in [6, 6.07) is 19.9. The van der Waals surface area contributed by atoms with Crippen LogP contribution in [0.2, 0.25) is 33.2 Å². The SMILES string of the molecule is C=C(c1ccccc1)c1cccc(C(N)([Si](C(C)C)(C(C)C)C(C)C)[Si](C(C)C)(C(C)C)C(C)C)c1. The molecular weight excluding hydrogens is 467 g/mol. The summed E-state index contributed by atoms with van der Waals surface area (Å²) in [4.78, 5) is -0.292. The van der Waals surface area contributed by atoms with Crippen molar-refractivity contribution in [1.82, 2.24) is 0 Å². The second kappa shape index (κ2) is 11.5. The summed E-state index contributed by atoms with van der Waals surface area (Å²) in [5.74, 6) is 0. The van der Waals surface area contributed by atoms with Gasteiger partial charge in [0.1, 0.15) is 0 Å². The van der Waals surface area contributed by atoms with E-state index in [0.29, 0.717) is 33.2 Å². The van der Waals surface area contributed by atoms with E-state index in [2.05, 4.69) is 144 Å². The number of hydrogen-bond acceptors (Lipinski definition) is 1. The summed E-state index contributed by atoms with van der Waals surface area (Å²) in [6.45, 7) is 34.4. The maximum absolute atomic E-state index is 8.38. The van der Waals surface area contributed by atoms with Gasteiger partial charge in [0.25, 0.3) is 0 Å². The van der Waals surface area contributed by atoms with Crippen LogP contribution in [0.4, 0.5) is 0 Å². The molecule has 0 fully saturated rings. The molecule has 0 bridgehead atoms. The van der Waals surface area contributed by atoms with Gasteiger partial charge in [-0.15, -0.1) is 0 Å². The van der Waals surface area contributed by atoms with Crippen LogP contribution in [0.5, 0.6) is 0 Å². The summed E-state index contributed by atoms with van der Waals surface area (Å²) < 4.78 is 0. The van der Waals surface area contributed by atoms with Gasteiger partial charge >= 0.3 is 0 Å². The Morgan fingerprint density at radius 2 is 0.944 bits per heavy atom. The Balaban J connectivity index is 3.09. The number of rotatable bonds is 11. The van der Waals surface area contributed by atoms with E-state index in [1.807, 2.05) is 0 Å². The zero-order valence-electron chi connectivity index (χ0n) is 25.4. The highest BCUT2D eigenvalue weighted by Gasteiger charge is 2.69. The van der Waals surface area contributed by atoms with E-state index in [1.54, 1.807) is 0 Å². The monoisotopic (exact) mass is 521 g/mol. The quantitative estimate of drug-likeness (QED) is 0.292. The minimum atomic E-state index is -2.17. The number of hydrogen-bond donors (Lipinski definition) is 1. The van der Waals surface area contributed by atoms with Gasteiger partial charge < -0.3 is 5.73 Å². The molecule has 2 N–H and O–H groups in total. The minimum Gasteiger partial charge on any atom is -0.326 e.